The Kier molecular flexibility index (Phi) is 5.99. The molecule has 1 aromatic heterocycles. The molecule has 0 aliphatic rings. The smallest absolute Gasteiger partial charge is 0.250 e. The van der Waals surface area contributed by atoms with Crippen LogP contribution >= 0.6 is 11.3 Å². The summed E-state index contributed by atoms with van der Waals surface area (Å²) < 4.78 is 27.3. The molecule has 22 heavy (non-hydrogen) atoms. The summed E-state index contributed by atoms with van der Waals surface area (Å²) in [6.45, 7) is 6.18. The largest absolute Gasteiger partial charge is 0.372 e. The van der Waals surface area contributed by atoms with Crippen LogP contribution in [0.2, 0.25) is 0 Å². The first kappa shape index (κ1) is 17.0. The van der Waals surface area contributed by atoms with Crippen LogP contribution in [0.4, 0.5) is 5.69 Å². The lowest BCUT2D eigenvalue weighted by Gasteiger charge is -2.23. The van der Waals surface area contributed by atoms with Gasteiger partial charge in [-0.1, -0.05) is 18.2 Å². The topological polar surface area (TPSA) is 49.4 Å². The third-order valence-electron chi connectivity index (χ3n) is 3.38. The van der Waals surface area contributed by atoms with E-state index in [0.29, 0.717) is 10.8 Å². The van der Waals surface area contributed by atoms with Crippen molar-refractivity contribution < 1.29 is 8.42 Å². The maximum Gasteiger partial charge on any atom is 0.250 e. The van der Waals surface area contributed by atoms with E-state index in [1.54, 1.807) is 6.07 Å². The summed E-state index contributed by atoms with van der Waals surface area (Å²) >= 11 is 1.30. The molecule has 0 atom stereocenters. The van der Waals surface area contributed by atoms with Crippen LogP contribution in [0.25, 0.3) is 0 Å². The van der Waals surface area contributed by atoms with Crippen LogP contribution in [0.3, 0.4) is 0 Å². The number of sulfonamides is 1. The van der Waals surface area contributed by atoms with Crippen molar-refractivity contribution in [1.82, 2.24) is 4.72 Å². The minimum absolute atomic E-state index is 0.389. The number of hydrogen-bond donors (Lipinski definition) is 1. The lowest BCUT2D eigenvalue weighted by Crippen LogP contribution is -2.29. The van der Waals surface area contributed by atoms with E-state index in [0.717, 1.165) is 24.4 Å². The average Bonchev–Trinajstić information content (AvgIpc) is 2.96. The van der Waals surface area contributed by atoms with Gasteiger partial charge in [0, 0.05) is 30.2 Å². The number of para-hydroxylation sites is 1. The van der Waals surface area contributed by atoms with E-state index in [9.17, 15) is 8.42 Å². The number of benzene rings is 1. The molecule has 0 aliphatic heterocycles. The molecule has 0 saturated heterocycles. The fraction of sp³-hybridized carbons (Fsp3) is 0.375. The van der Waals surface area contributed by atoms with Crippen molar-refractivity contribution in [1.29, 1.82) is 0 Å². The second-order valence-electron chi connectivity index (χ2n) is 5.03. The molecule has 120 valence electrons. The van der Waals surface area contributed by atoms with Crippen molar-refractivity contribution in [3.05, 3.63) is 47.3 Å². The monoisotopic (exact) mass is 338 g/mol. The van der Waals surface area contributed by atoms with Crippen molar-refractivity contribution in [2.24, 2.45) is 0 Å². The Labute approximate surface area is 136 Å². The summed E-state index contributed by atoms with van der Waals surface area (Å²) in [6, 6.07) is 13.6. The van der Waals surface area contributed by atoms with E-state index in [-0.39, 0.29) is 0 Å². The first-order valence-electron chi connectivity index (χ1n) is 7.39. The Morgan fingerprint density at radius 2 is 1.86 bits per heavy atom. The van der Waals surface area contributed by atoms with Crippen LogP contribution in [0.5, 0.6) is 0 Å². The predicted molar refractivity (Wildman–Crippen MR) is 93.2 cm³/mol. The highest BCUT2D eigenvalue weighted by atomic mass is 32.2. The molecule has 0 spiro atoms. The molecule has 4 nitrogen and oxygen atoms in total. The Hall–Kier alpha value is -1.37. The molecule has 0 aliphatic carbocycles. The molecule has 1 N–H and O–H groups in total. The maximum atomic E-state index is 12.1. The SMILES string of the molecule is CCN(CCCNS(=O)(=O)c1ccc(C)s1)c1ccccc1. The van der Waals surface area contributed by atoms with Gasteiger partial charge in [0.2, 0.25) is 10.0 Å². The molecule has 2 rings (SSSR count). The Morgan fingerprint density at radius 1 is 1.14 bits per heavy atom. The van der Waals surface area contributed by atoms with Gasteiger partial charge in [-0.2, -0.15) is 0 Å². The summed E-state index contributed by atoms with van der Waals surface area (Å²) in [7, 11) is -3.36. The van der Waals surface area contributed by atoms with Gasteiger partial charge in [0.1, 0.15) is 4.21 Å². The van der Waals surface area contributed by atoms with Crippen molar-refractivity contribution in [3.8, 4) is 0 Å². The first-order valence-corrected chi connectivity index (χ1v) is 9.69. The van der Waals surface area contributed by atoms with E-state index in [1.165, 1.54) is 17.0 Å². The van der Waals surface area contributed by atoms with Crippen molar-refractivity contribution in [3.63, 3.8) is 0 Å². The first-order chi connectivity index (χ1) is 10.5. The van der Waals surface area contributed by atoms with Gasteiger partial charge < -0.3 is 4.90 Å². The maximum absolute atomic E-state index is 12.1. The number of hydrogen-bond acceptors (Lipinski definition) is 4. The van der Waals surface area contributed by atoms with E-state index in [2.05, 4.69) is 28.7 Å². The number of thiophene rings is 1. The number of aryl methyl sites for hydroxylation is 1. The number of nitrogens with one attached hydrogen (secondary N) is 1. The fourth-order valence-electron chi connectivity index (χ4n) is 2.21. The van der Waals surface area contributed by atoms with Gasteiger partial charge in [0.15, 0.2) is 0 Å². The number of anilines is 1. The highest BCUT2D eigenvalue weighted by molar-refractivity contribution is 7.91. The van der Waals surface area contributed by atoms with Crippen LogP contribution in [0.15, 0.2) is 46.7 Å². The van der Waals surface area contributed by atoms with Gasteiger partial charge in [-0.05, 0) is 44.5 Å². The molecule has 0 bridgehead atoms. The molecule has 6 heteroatoms. The van der Waals surface area contributed by atoms with Crippen LogP contribution < -0.4 is 9.62 Å². The van der Waals surface area contributed by atoms with Crippen LogP contribution in [-0.4, -0.2) is 28.1 Å². The summed E-state index contributed by atoms with van der Waals surface area (Å²) in [4.78, 5) is 3.24. The zero-order valence-electron chi connectivity index (χ0n) is 13.0. The molecule has 2 aromatic rings. The quantitative estimate of drug-likeness (QED) is 0.752. The summed E-state index contributed by atoms with van der Waals surface area (Å²) in [5, 5.41) is 0. The molecule has 0 fully saturated rings. The normalized spacial score (nSPS) is 11.5. The summed E-state index contributed by atoms with van der Waals surface area (Å²) in [5.74, 6) is 0. The fourth-order valence-corrected chi connectivity index (χ4v) is 4.61. The minimum atomic E-state index is -3.36. The van der Waals surface area contributed by atoms with E-state index < -0.39 is 10.0 Å². The standard InChI is InChI=1S/C16H22N2O2S2/c1-3-18(15-8-5-4-6-9-15)13-7-12-17-22(19,20)16-11-10-14(2)21-16/h4-6,8-11,17H,3,7,12-13H2,1-2H3. The zero-order valence-corrected chi connectivity index (χ0v) is 14.6. The van der Waals surface area contributed by atoms with Crippen molar-refractivity contribution >= 4 is 27.0 Å². The molecule has 1 aromatic carbocycles. The van der Waals surface area contributed by atoms with E-state index >= 15 is 0 Å². The van der Waals surface area contributed by atoms with Crippen LogP contribution in [0, 0.1) is 6.92 Å². The Morgan fingerprint density at radius 3 is 2.45 bits per heavy atom. The predicted octanol–water partition coefficient (Wildman–Crippen LogP) is 3.25. The Bertz CT molecular complexity index is 681. The average molecular weight is 338 g/mol. The van der Waals surface area contributed by atoms with Gasteiger partial charge in [-0.25, -0.2) is 13.1 Å². The highest BCUT2D eigenvalue weighted by Gasteiger charge is 2.15. The number of nitrogens with zero attached hydrogens (tertiary/aromatic N) is 1. The van der Waals surface area contributed by atoms with Gasteiger partial charge in [-0.15, -0.1) is 11.3 Å². The van der Waals surface area contributed by atoms with E-state index in [1.807, 2.05) is 31.2 Å². The third-order valence-corrected chi connectivity index (χ3v) is 6.33. The molecular weight excluding hydrogens is 316 g/mol. The van der Waals surface area contributed by atoms with Crippen LogP contribution in [-0.2, 0) is 10.0 Å². The molecular formula is C16H22N2O2S2. The van der Waals surface area contributed by atoms with Crippen molar-refractivity contribution in [2.45, 2.75) is 24.5 Å². The Balaban J connectivity index is 1.83. The summed E-state index contributed by atoms with van der Waals surface area (Å²) in [6.07, 6.45) is 0.770. The zero-order chi connectivity index (χ0) is 16.0. The van der Waals surface area contributed by atoms with Gasteiger partial charge in [0.25, 0.3) is 0 Å². The van der Waals surface area contributed by atoms with Crippen molar-refractivity contribution in [2.75, 3.05) is 24.5 Å². The number of rotatable bonds is 8. The molecule has 0 radical (unpaired) electrons. The molecule has 0 unspecified atom stereocenters. The molecule has 0 saturated carbocycles. The van der Waals surface area contributed by atoms with Gasteiger partial charge in [-0.3, -0.25) is 0 Å². The lowest BCUT2D eigenvalue weighted by molar-refractivity contribution is 0.580. The minimum Gasteiger partial charge on any atom is -0.372 e. The second-order valence-corrected chi connectivity index (χ2v) is 8.31. The molecule has 0 amide bonds. The lowest BCUT2D eigenvalue weighted by atomic mass is 10.2. The van der Waals surface area contributed by atoms with Gasteiger partial charge >= 0.3 is 0 Å². The van der Waals surface area contributed by atoms with Gasteiger partial charge in [0.05, 0.1) is 0 Å². The van der Waals surface area contributed by atoms with Crippen LogP contribution in [0.1, 0.15) is 18.2 Å². The second kappa shape index (κ2) is 7.76. The third kappa shape index (κ3) is 4.56. The molecule has 1 heterocycles. The summed E-state index contributed by atoms with van der Waals surface area (Å²) in [5.41, 5.74) is 1.17. The van der Waals surface area contributed by atoms with E-state index in [4.69, 9.17) is 0 Å². The highest BCUT2D eigenvalue weighted by Crippen LogP contribution is 2.20.